The van der Waals surface area contributed by atoms with Gasteiger partial charge in [0.1, 0.15) is 5.75 Å². The van der Waals surface area contributed by atoms with E-state index in [1.807, 2.05) is 0 Å². The Bertz CT molecular complexity index is 1180. The average Bonchev–Trinajstić information content (AvgIpc) is 2.90. The summed E-state index contributed by atoms with van der Waals surface area (Å²) in [5.74, 6) is 0.925. The van der Waals surface area contributed by atoms with E-state index in [1.54, 1.807) is 7.11 Å². The summed E-state index contributed by atoms with van der Waals surface area (Å²) in [6.45, 7) is 2.13. The quantitative estimate of drug-likeness (QED) is 0.307. The van der Waals surface area contributed by atoms with Gasteiger partial charge in [0.05, 0.1) is 7.11 Å². The van der Waals surface area contributed by atoms with Gasteiger partial charge in [-0.15, -0.1) is 0 Å². The van der Waals surface area contributed by atoms with Crippen LogP contribution in [-0.4, -0.2) is 7.11 Å². The Labute approximate surface area is 198 Å². The molecule has 0 aliphatic heterocycles. The summed E-state index contributed by atoms with van der Waals surface area (Å²) in [6.07, 6.45) is 6.33. The van der Waals surface area contributed by atoms with Gasteiger partial charge in [0.25, 0.3) is 0 Å². The SMILES string of the molecule is COc1ccc(C2(c3ccc(-c4ccc(-c5ccc(C)cc5)cc4)cc3)CCCCC2)cc1. The van der Waals surface area contributed by atoms with Crippen LogP contribution in [0.1, 0.15) is 48.8 Å². The summed E-state index contributed by atoms with van der Waals surface area (Å²) in [7, 11) is 1.73. The van der Waals surface area contributed by atoms with E-state index in [4.69, 9.17) is 4.74 Å². The molecule has 0 unspecified atom stereocenters. The first-order valence-electron chi connectivity index (χ1n) is 12.1. The molecule has 1 aliphatic carbocycles. The molecule has 166 valence electrons. The van der Waals surface area contributed by atoms with Crippen molar-refractivity contribution in [3.8, 4) is 28.0 Å². The maximum atomic E-state index is 5.40. The fourth-order valence-corrected chi connectivity index (χ4v) is 5.39. The first-order valence-corrected chi connectivity index (χ1v) is 12.1. The zero-order chi connectivity index (χ0) is 22.7. The number of rotatable bonds is 5. The van der Waals surface area contributed by atoms with E-state index in [9.17, 15) is 0 Å². The van der Waals surface area contributed by atoms with Crippen molar-refractivity contribution in [1.29, 1.82) is 0 Å². The van der Waals surface area contributed by atoms with Crippen molar-refractivity contribution < 1.29 is 4.74 Å². The van der Waals surface area contributed by atoms with E-state index in [0.717, 1.165) is 5.75 Å². The molecule has 4 aromatic rings. The number of aryl methyl sites for hydroxylation is 1. The Kier molecular flexibility index (Phi) is 6.05. The minimum absolute atomic E-state index is 0.109. The molecule has 0 heterocycles. The molecule has 33 heavy (non-hydrogen) atoms. The molecule has 1 fully saturated rings. The molecule has 0 N–H and O–H groups in total. The predicted molar refractivity (Wildman–Crippen MR) is 139 cm³/mol. The van der Waals surface area contributed by atoms with Crippen molar-refractivity contribution in [2.45, 2.75) is 44.4 Å². The van der Waals surface area contributed by atoms with Gasteiger partial charge in [0.2, 0.25) is 0 Å². The highest BCUT2D eigenvalue weighted by molar-refractivity contribution is 5.70. The number of ether oxygens (including phenoxy) is 1. The number of methoxy groups -OCH3 is 1. The van der Waals surface area contributed by atoms with Gasteiger partial charge < -0.3 is 4.74 Å². The van der Waals surface area contributed by atoms with Crippen molar-refractivity contribution in [3.05, 3.63) is 114 Å². The summed E-state index contributed by atoms with van der Waals surface area (Å²) in [5.41, 5.74) is 9.32. The summed E-state index contributed by atoms with van der Waals surface area (Å²) < 4.78 is 5.40. The van der Waals surface area contributed by atoms with E-state index in [1.165, 1.54) is 71.0 Å². The van der Waals surface area contributed by atoms with Crippen LogP contribution >= 0.6 is 0 Å². The number of hydrogen-bond donors (Lipinski definition) is 0. The molecule has 0 radical (unpaired) electrons. The van der Waals surface area contributed by atoms with Crippen molar-refractivity contribution in [3.63, 3.8) is 0 Å². The largest absolute Gasteiger partial charge is 0.497 e. The van der Waals surface area contributed by atoms with Crippen molar-refractivity contribution in [1.82, 2.24) is 0 Å². The summed E-state index contributed by atoms with van der Waals surface area (Å²) in [5, 5.41) is 0. The summed E-state index contributed by atoms with van der Waals surface area (Å²) >= 11 is 0. The van der Waals surface area contributed by atoms with E-state index >= 15 is 0 Å². The van der Waals surface area contributed by atoms with Crippen LogP contribution in [0.15, 0.2) is 97.1 Å². The van der Waals surface area contributed by atoms with Gasteiger partial charge in [-0.1, -0.05) is 110 Å². The molecule has 0 saturated heterocycles. The van der Waals surface area contributed by atoms with Gasteiger partial charge in [0.15, 0.2) is 0 Å². The highest BCUT2D eigenvalue weighted by Crippen LogP contribution is 2.45. The van der Waals surface area contributed by atoms with E-state index < -0.39 is 0 Å². The van der Waals surface area contributed by atoms with Crippen molar-refractivity contribution >= 4 is 0 Å². The summed E-state index contributed by atoms with van der Waals surface area (Å²) in [4.78, 5) is 0. The number of benzene rings is 4. The first kappa shape index (κ1) is 21.5. The standard InChI is InChI=1S/C32H32O/c1-24-6-8-25(9-7-24)26-10-12-27(13-11-26)28-14-16-29(17-15-28)32(22-4-3-5-23-32)30-18-20-31(33-2)21-19-30/h6-21H,3-5,22-23H2,1-2H3. The fourth-order valence-electron chi connectivity index (χ4n) is 5.39. The second kappa shape index (κ2) is 9.27. The molecule has 4 aromatic carbocycles. The van der Waals surface area contributed by atoms with Crippen LogP contribution in [-0.2, 0) is 5.41 Å². The van der Waals surface area contributed by atoms with Gasteiger partial charge in [0, 0.05) is 5.41 Å². The predicted octanol–water partition coefficient (Wildman–Crippen LogP) is 8.59. The lowest BCUT2D eigenvalue weighted by Crippen LogP contribution is -2.30. The molecular weight excluding hydrogens is 400 g/mol. The smallest absolute Gasteiger partial charge is 0.118 e. The Balaban J connectivity index is 1.43. The maximum Gasteiger partial charge on any atom is 0.118 e. The van der Waals surface area contributed by atoms with Gasteiger partial charge in [-0.05, 0) is 65.3 Å². The van der Waals surface area contributed by atoms with Crippen LogP contribution in [0.25, 0.3) is 22.3 Å². The zero-order valence-corrected chi connectivity index (χ0v) is 19.7. The highest BCUT2D eigenvalue weighted by atomic mass is 16.5. The van der Waals surface area contributed by atoms with Crippen molar-refractivity contribution in [2.24, 2.45) is 0 Å². The Morgan fingerprint density at radius 2 is 0.909 bits per heavy atom. The molecule has 0 aromatic heterocycles. The average molecular weight is 433 g/mol. The molecule has 5 rings (SSSR count). The molecule has 0 bridgehead atoms. The highest BCUT2D eigenvalue weighted by Gasteiger charge is 2.35. The van der Waals surface area contributed by atoms with Crippen LogP contribution in [0.2, 0.25) is 0 Å². The van der Waals surface area contributed by atoms with E-state index in [2.05, 4.69) is 104 Å². The van der Waals surface area contributed by atoms with Gasteiger partial charge in [-0.25, -0.2) is 0 Å². The van der Waals surface area contributed by atoms with E-state index in [0.29, 0.717) is 0 Å². The molecule has 1 heteroatoms. The van der Waals surface area contributed by atoms with Gasteiger partial charge >= 0.3 is 0 Å². The maximum absolute atomic E-state index is 5.40. The van der Waals surface area contributed by atoms with Crippen LogP contribution in [0.5, 0.6) is 5.75 Å². The van der Waals surface area contributed by atoms with Crippen LogP contribution in [0.4, 0.5) is 0 Å². The normalized spacial score (nSPS) is 15.2. The van der Waals surface area contributed by atoms with Crippen LogP contribution < -0.4 is 4.74 Å². The van der Waals surface area contributed by atoms with E-state index in [-0.39, 0.29) is 5.41 Å². The Hall–Kier alpha value is -3.32. The molecular formula is C32H32O. The minimum atomic E-state index is 0.109. The zero-order valence-electron chi connectivity index (χ0n) is 19.7. The third kappa shape index (κ3) is 4.33. The molecule has 1 nitrogen and oxygen atoms in total. The monoisotopic (exact) mass is 432 g/mol. The topological polar surface area (TPSA) is 9.23 Å². The minimum Gasteiger partial charge on any atom is -0.497 e. The van der Waals surface area contributed by atoms with Crippen LogP contribution in [0.3, 0.4) is 0 Å². The van der Waals surface area contributed by atoms with Gasteiger partial charge in [-0.3, -0.25) is 0 Å². The fraction of sp³-hybridized carbons (Fsp3) is 0.250. The molecule has 0 atom stereocenters. The molecule has 0 spiro atoms. The first-order chi connectivity index (χ1) is 16.2. The molecule has 1 saturated carbocycles. The van der Waals surface area contributed by atoms with Crippen LogP contribution in [0, 0.1) is 6.92 Å². The third-order valence-corrected chi connectivity index (χ3v) is 7.39. The Morgan fingerprint density at radius 3 is 1.36 bits per heavy atom. The second-order valence-electron chi connectivity index (χ2n) is 9.39. The lowest BCUT2D eigenvalue weighted by molar-refractivity contribution is 0.345. The van der Waals surface area contributed by atoms with Crippen molar-refractivity contribution in [2.75, 3.05) is 7.11 Å². The summed E-state index contributed by atoms with van der Waals surface area (Å²) in [6, 6.07) is 35.7. The second-order valence-corrected chi connectivity index (χ2v) is 9.39. The van der Waals surface area contributed by atoms with Gasteiger partial charge in [-0.2, -0.15) is 0 Å². The molecule has 1 aliphatic rings. The Morgan fingerprint density at radius 1 is 0.515 bits per heavy atom. The number of hydrogen-bond acceptors (Lipinski definition) is 1. The lowest BCUT2D eigenvalue weighted by atomic mass is 9.65. The third-order valence-electron chi connectivity index (χ3n) is 7.39. The lowest BCUT2D eigenvalue weighted by Gasteiger charge is -2.39. The molecule has 0 amide bonds.